The van der Waals surface area contributed by atoms with Crippen molar-refractivity contribution in [2.45, 2.75) is 26.2 Å². The van der Waals surface area contributed by atoms with E-state index in [0.29, 0.717) is 13.2 Å². The minimum Gasteiger partial charge on any atom is -0.493 e. The molecule has 0 saturated carbocycles. The van der Waals surface area contributed by atoms with E-state index in [4.69, 9.17) is 9.47 Å². The summed E-state index contributed by atoms with van der Waals surface area (Å²) in [5.74, 6) is 1.93. The highest BCUT2D eigenvalue weighted by atomic mass is 16.5. The van der Waals surface area contributed by atoms with Crippen LogP contribution in [0.5, 0.6) is 11.5 Å². The van der Waals surface area contributed by atoms with Gasteiger partial charge in [-0.3, -0.25) is 0 Å². The summed E-state index contributed by atoms with van der Waals surface area (Å²) < 4.78 is 11.8. The molecule has 2 aliphatic rings. The molecular weight excluding hydrogens is 382 g/mol. The minimum atomic E-state index is 0.707. The van der Waals surface area contributed by atoms with E-state index in [0.717, 1.165) is 36.4 Å². The van der Waals surface area contributed by atoms with Gasteiger partial charge in [-0.2, -0.15) is 0 Å². The van der Waals surface area contributed by atoms with Crippen molar-refractivity contribution in [2.24, 2.45) is 0 Å². The summed E-state index contributed by atoms with van der Waals surface area (Å²) in [4.78, 5) is 2.27. The molecule has 3 nitrogen and oxygen atoms in total. The Hall–Kier alpha value is -3.46. The highest BCUT2D eigenvalue weighted by molar-refractivity contribution is 5.78. The van der Waals surface area contributed by atoms with E-state index in [1.165, 1.54) is 27.8 Å². The van der Waals surface area contributed by atoms with Gasteiger partial charge in [0.1, 0.15) is 11.5 Å². The van der Waals surface area contributed by atoms with Gasteiger partial charge in [-0.05, 0) is 47.4 Å². The first-order valence-corrected chi connectivity index (χ1v) is 11.0. The van der Waals surface area contributed by atoms with Crippen LogP contribution in [0.4, 0.5) is 5.69 Å². The van der Waals surface area contributed by atoms with E-state index in [2.05, 4.69) is 84.9 Å². The van der Waals surface area contributed by atoms with Gasteiger partial charge in [-0.25, -0.2) is 0 Å². The first-order valence-electron chi connectivity index (χ1n) is 11.0. The van der Waals surface area contributed by atoms with Crippen molar-refractivity contribution in [1.82, 2.24) is 0 Å². The molecule has 0 atom stereocenters. The van der Waals surface area contributed by atoms with Crippen LogP contribution in [0.15, 0.2) is 85.2 Å². The largest absolute Gasteiger partial charge is 0.493 e. The first kappa shape index (κ1) is 19.5. The topological polar surface area (TPSA) is 21.7 Å². The summed E-state index contributed by atoms with van der Waals surface area (Å²) in [6, 6.07) is 25.5. The normalized spacial score (nSPS) is 17.5. The summed E-state index contributed by atoms with van der Waals surface area (Å²) in [6.45, 7) is 3.60. The van der Waals surface area contributed by atoms with Crippen LogP contribution in [0.3, 0.4) is 0 Å². The number of ether oxygens (including phenoxy) is 2. The van der Waals surface area contributed by atoms with Crippen molar-refractivity contribution in [1.29, 1.82) is 0 Å². The third-order valence-corrected chi connectivity index (χ3v) is 5.96. The smallest absolute Gasteiger partial charge is 0.126 e. The average molecular weight is 410 g/mol. The number of nitrogens with zero attached hydrogens (tertiary/aromatic N) is 1. The molecule has 0 radical (unpaired) electrons. The Morgan fingerprint density at radius 3 is 1.74 bits per heavy atom. The van der Waals surface area contributed by atoms with E-state index in [-0.39, 0.29) is 0 Å². The fourth-order valence-corrected chi connectivity index (χ4v) is 4.22. The molecule has 0 fully saturated rings. The molecule has 0 aliphatic carbocycles. The van der Waals surface area contributed by atoms with Gasteiger partial charge in [0.25, 0.3) is 0 Å². The number of anilines is 1. The van der Waals surface area contributed by atoms with Gasteiger partial charge in [-0.15, -0.1) is 0 Å². The molecule has 3 aromatic rings. The van der Waals surface area contributed by atoms with Gasteiger partial charge in [0, 0.05) is 42.1 Å². The Morgan fingerprint density at radius 2 is 1.23 bits per heavy atom. The fraction of sp³-hybridized carbons (Fsp3) is 0.214. The van der Waals surface area contributed by atoms with Crippen LogP contribution in [-0.4, -0.2) is 13.2 Å². The molecule has 2 heterocycles. The molecule has 3 aromatic carbocycles. The lowest BCUT2D eigenvalue weighted by Gasteiger charge is -2.26. The average Bonchev–Trinajstić information content (AvgIpc) is 2.84. The molecule has 2 aliphatic heterocycles. The van der Waals surface area contributed by atoms with Crippen molar-refractivity contribution in [3.05, 3.63) is 102 Å². The fourth-order valence-electron chi connectivity index (χ4n) is 4.22. The second-order valence-electron chi connectivity index (χ2n) is 7.93. The molecule has 3 heteroatoms. The van der Waals surface area contributed by atoms with Gasteiger partial charge < -0.3 is 14.4 Å². The van der Waals surface area contributed by atoms with Crippen molar-refractivity contribution in [3.8, 4) is 11.5 Å². The molecule has 0 spiro atoms. The number of aryl methyl sites for hydroxylation is 1. The van der Waals surface area contributed by atoms with Crippen molar-refractivity contribution in [3.63, 3.8) is 0 Å². The molecule has 0 saturated heterocycles. The second kappa shape index (κ2) is 8.73. The van der Waals surface area contributed by atoms with Gasteiger partial charge >= 0.3 is 0 Å². The third-order valence-electron chi connectivity index (χ3n) is 5.96. The maximum absolute atomic E-state index is 5.88. The van der Waals surface area contributed by atoms with E-state index in [9.17, 15) is 0 Å². The SMILES string of the molecule is CCc1ccc(N(/C=C2/CCOc3ccccc32)/C=C2\CCOc3ccccc32)cc1. The molecule has 0 aromatic heterocycles. The molecule has 0 bridgehead atoms. The Morgan fingerprint density at radius 1 is 0.710 bits per heavy atom. The van der Waals surface area contributed by atoms with Crippen LogP contribution < -0.4 is 14.4 Å². The second-order valence-corrected chi connectivity index (χ2v) is 7.93. The summed E-state index contributed by atoms with van der Waals surface area (Å²) in [7, 11) is 0. The Bertz CT molecular complexity index is 1060. The zero-order valence-electron chi connectivity index (χ0n) is 17.9. The van der Waals surface area contributed by atoms with E-state index in [1.807, 2.05) is 12.1 Å². The lowest BCUT2D eigenvalue weighted by atomic mass is 9.99. The summed E-state index contributed by atoms with van der Waals surface area (Å²) in [6.07, 6.45) is 7.37. The van der Waals surface area contributed by atoms with Crippen LogP contribution in [0.2, 0.25) is 0 Å². The number of benzene rings is 3. The van der Waals surface area contributed by atoms with Gasteiger partial charge in [0.2, 0.25) is 0 Å². The molecular formula is C28H27NO2. The quantitative estimate of drug-likeness (QED) is 0.478. The lowest BCUT2D eigenvalue weighted by Crippen LogP contribution is -2.15. The minimum absolute atomic E-state index is 0.707. The van der Waals surface area contributed by atoms with E-state index < -0.39 is 0 Å². The summed E-state index contributed by atoms with van der Waals surface area (Å²) >= 11 is 0. The maximum atomic E-state index is 5.88. The van der Waals surface area contributed by atoms with Crippen molar-refractivity contribution >= 4 is 16.8 Å². The van der Waals surface area contributed by atoms with Crippen LogP contribution in [0.25, 0.3) is 11.1 Å². The predicted molar refractivity (Wildman–Crippen MR) is 127 cm³/mol. The highest BCUT2D eigenvalue weighted by Crippen LogP contribution is 2.36. The Balaban J connectivity index is 1.60. The molecule has 0 unspecified atom stereocenters. The molecule has 31 heavy (non-hydrogen) atoms. The van der Waals surface area contributed by atoms with Crippen LogP contribution in [-0.2, 0) is 6.42 Å². The standard InChI is InChI=1S/C28H27NO2/c1-2-21-11-13-24(14-12-21)29(19-22-15-17-30-27-9-5-3-7-25(22)27)20-23-16-18-31-28-10-6-4-8-26(23)28/h3-14,19-20H,2,15-18H2,1H3/b22-19-,23-20+. The monoisotopic (exact) mass is 409 g/mol. The summed E-state index contributed by atoms with van der Waals surface area (Å²) in [5.41, 5.74) is 7.43. The molecule has 0 N–H and O–H groups in total. The van der Waals surface area contributed by atoms with Gasteiger partial charge in [0.05, 0.1) is 13.2 Å². The zero-order chi connectivity index (χ0) is 21.0. The van der Waals surface area contributed by atoms with Crippen LogP contribution >= 0.6 is 0 Å². The Labute approximate surface area is 184 Å². The molecule has 0 amide bonds. The third kappa shape index (κ3) is 4.09. The lowest BCUT2D eigenvalue weighted by molar-refractivity contribution is 0.316. The van der Waals surface area contributed by atoms with Crippen LogP contribution in [0, 0.1) is 0 Å². The number of hydrogen-bond donors (Lipinski definition) is 0. The summed E-state index contributed by atoms with van der Waals surface area (Å²) in [5, 5.41) is 0. The van der Waals surface area contributed by atoms with Crippen molar-refractivity contribution in [2.75, 3.05) is 18.1 Å². The number of hydrogen-bond acceptors (Lipinski definition) is 3. The van der Waals surface area contributed by atoms with Crippen LogP contribution in [0.1, 0.15) is 36.5 Å². The first-order chi connectivity index (χ1) is 15.3. The van der Waals surface area contributed by atoms with Gasteiger partial charge in [-0.1, -0.05) is 55.5 Å². The molecule has 156 valence electrons. The maximum Gasteiger partial charge on any atom is 0.126 e. The number of para-hydroxylation sites is 2. The van der Waals surface area contributed by atoms with E-state index >= 15 is 0 Å². The molecule has 5 rings (SSSR count). The number of fused-ring (bicyclic) bond motifs is 2. The zero-order valence-corrected chi connectivity index (χ0v) is 17.9. The van der Waals surface area contributed by atoms with Gasteiger partial charge in [0.15, 0.2) is 0 Å². The highest BCUT2D eigenvalue weighted by Gasteiger charge is 2.18. The van der Waals surface area contributed by atoms with E-state index in [1.54, 1.807) is 0 Å². The Kier molecular flexibility index (Phi) is 5.49. The predicted octanol–water partition coefficient (Wildman–Crippen LogP) is 6.70. The number of rotatable bonds is 4. The van der Waals surface area contributed by atoms with Crippen molar-refractivity contribution < 1.29 is 9.47 Å².